The van der Waals surface area contributed by atoms with Crippen LogP contribution in [0.25, 0.3) is 5.69 Å². The minimum absolute atomic E-state index is 0.263. The predicted molar refractivity (Wildman–Crippen MR) is 73.5 cm³/mol. The number of nitrogens with zero attached hydrogens (tertiary/aromatic N) is 2. The molecular weight excluding hydrogens is 297 g/mol. The summed E-state index contributed by atoms with van der Waals surface area (Å²) in [4.78, 5) is 0. The highest BCUT2D eigenvalue weighted by Gasteiger charge is 2.16. The molecule has 1 aromatic carbocycles. The third-order valence-corrected chi connectivity index (χ3v) is 4.00. The van der Waals surface area contributed by atoms with E-state index in [9.17, 15) is 4.39 Å². The van der Waals surface area contributed by atoms with Crippen molar-refractivity contribution in [2.75, 3.05) is 7.05 Å². The molecule has 0 radical (unpaired) electrons. The summed E-state index contributed by atoms with van der Waals surface area (Å²) in [5.41, 5.74) is 3.15. The summed E-state index contributed by atoms with van der Waals surface area (Å²) in [6.45, 7) is 4.41. The highest BCUT2D eigenvalue weighted by Crippen LogP contribution is 2.26. The molecule has 0 fully saturated rings. The van der Waals surface area contributed by atoms with Crippen molar-refractivity contribution in [2.45, 2.75) is 20.4 Å². The highest BCUT2D eigenvalue weighted by molar-refractivity contribution is 9.10. The van der Waals surface area contributed by atoms with E-state index >= 15 is 0 Å². The molecule has 5 heteroatoms. The summed E-state index contributed by atoms with van der Waals surface area (Å²) in [5, 5.41) is 7.43. The van der Waals surface area contributed by atoms with Crippen LogP contribution in [0.4, 0.5) is 4.39 Å². The fourth-order valence-electron chi connectivity index (χ4n) is 1.97. The van der Waals surface area contributed by atoms with Crippen molar-refractivity contribution >= 4 is 15.9 Å². The Hall–Kier alpha value is -1.20. The van der Waals surface area contributed by atoms with Gasteiger partial charge < -0.3 is 5.32 Å². The first-order chi connectivity index (χ1) is 8.56. The van der Waals surface area contributed by atoms with Crippen molar-refractivity contribution in [3.05, 3.63) is 45.4 Å². The van der Waals surface area contributed by atoms with E-state index in [0.29, 0.717) is 12.2 Å². The fourth-order valence-corrected chi connectivity index (χ4v) is 2.22. The molecule has 0 unspecified atom stereocenters. The zero-order valence-electron chi connectivity index (χ0n) is 10.6. The molecule has 18 heavy (non-hydrogen) atoms. The number of aromatic nitrogens is 2. The molecule has 0 saturated heterocycles. The SMILES string of the molecule is CNCc1cccc(F)c1-n1nc(C)c(Br)c1C. The number of rotatable bonds is 3. The quantitative estimate of drug-likeness (QED) is 0.944. The Morgan fingerprint density at radius 3 is 2.67 bits per heavy atom. The summed E-state index contributed by atoms with van der Waals surface area (Å²) < 4.78 is 16.6. The number of aryl methyl sites for hydroxylation is 1. The van der Waals surface area contributed by atoms with Gasteiger partial charge in [0.25, 0.3) is 0 Å². The molecule has 2 rings (SSSR count). The van der Waals surface area contributed by atoms with E-state index in [4.69, 9.17) is 0 Å². The van der Waals surface area contributed by atoms with Gasteiger partial charge in [0.15, 0.2) is 0 Å². The number of hydrogen-bond acceptors (Lipinski definition) is 2. The van der Waals surface area contributed by atoms with Crippen LogP contribution in [0.1, 0.15) is 17.0 Å². The van der Waals surface area contributed by atoms with Crippen LogP contribution in [0.2, 0.25) is 0 Å². The number of hydrogen-bond donors (Lipinski definition) is 1. The van der Waals surface area contributed by atoms with E-state index in [1.807, 2.05) is 27.0 Å². The van der Waals surface area contributed by atoms with Crippen LogP contribution in [0.3, 0.4) is 0 Å². The van der Waals surface area contributed by atoms with E-state index in [0.717, 1.165) is 21.4 Å². The van der Waals surface area contributed by atoms with E-state index in [-0.39, 0.29) is 5.82 Å². The van der Waals surface area contributed by atoms with Gasteiger partial charge in [0.1, 0.15) is 11.5 Å². The molecular formula is C13H15BrFN3. The van der Waals surface area contributed by atoms with Crippen molar-refractivity contribution in [1.29, 1.82) is 0 Å². The number of para-hydroxylation sites is 1. The van der Waals surface area contributed by atoms with Crippen molar-refractivity contribution in [3.8, 4) is 5.69 Å². The van der Waals surface area contributed by atoms with Gasteiger partial charge in [-0.1, -0.05) is 12.1 Å². The summed E-state index contributed by atoms with van der Waals surface area (Å²) in [7, 11) is 1.84. The Bertz CT molecular complexity index is 578. The smallest absolute Gasteiger partial charge is 0.149 e. The average molecular weight is 312 g/mol. The third kappa shape index (κ3) is 2.20. The minimum Gasteiger partial charge on any atom is -0.316 e. The lowest BCUT2D eigenvalue weighted by Gasteiger charge is -2.12. The molecule has 3 nitrogen and oxygen atoms in total. The van der Waals surface area contributed by atoms with Crippen LogP contribution in [0, 0.1) is 19.7 Å². The second-order valence-electron chi connectivity index (χ2n) is 4.17. The maximum absolute atomic E-state index is 14.1. The fraction of sp³-hybridized carbons (Fsp3) is 0.308. The molecule has 2 aromatic rings. The van der Waals surface area contributed by atoms with Crippen LogP contribution in [0.5, 0.6) is 0 Å². The summed E-state index contributed by atoms with van der Waals surface area (Å²) >= 11 is 3.46. The second kappa shape index (κ2) is 5.20. The van der Waals surface area contributed by atoms with Gasteiger partial charge in [0, 0.05) is 6.54 Å². The van der Waals surface area contributed by atoms with Crippen LogP contribution in [0.15, 0.2) is 22.7 Å². The highest BCUT2D eigenvalue weighted by atomic mass is 79.9. The lowest BCUT2D eigenvalue weighted by atomic mass is 10.1. The summed E-state index contributed by atoms with van der Waals surface area (Å²) in [5.74, 6) is -0.263. The first-order valence-electron chi connectivity index (χ1n) is 5.70. The van der Waals surface area contributed by atoms with E-state index in [1.54, 1.807) is 10.7 Å². The van der Waals surface area contributed by atoms with Crippen molar-refractivity contribution < 1.29 is 4.39 Å². The molecule has 0 atom stereocenters. The molecule has 96 valence electrons. The van der Waals surface area contributed by atoms with E-state index in [1.165, 1.54) is 6.07 Å². The van der Waals surface area contributed by atoms with Crippen molar-refractivity contribution in [1.82, 2.24) is 15.1 Å². The van der Waals surface area contributed by atoms with Gasteiger partial charge in [0.05, 0.1) is 15.9 Å². The second-order valence-corrected chi connectivity index (χ2v) is 4.97. The maximum Gasteiger partial charge on any atom is 0.149 e. The van der Waals surface area contributed by atoms with Gasteiger partial charge in [-0.25, -0.2) is 9.07 Å². The molecule has 0 amide bonds. The zero-order chi connectivity index (χ0) is 13.3. The normalized spacial score (nSPS) is 10.9. The van der Waals surface area contributed by atoms with Crippen LogP contribution >= 0.6 is 15.9 Å². The lowest BCUT2D eigenvalue weighted by Crippen LogP contribution is -2.12. The average Bonchev–Trinajstić information content (AvgIpc) is 2.58. The zero-order valence-corrected chi connectivity index (χ0v) is 12.2. The molecule has 0 saturated carbocycles. The first kappa shape index (κ1) is 13.2. The molecule has 1 aromatic heterocycles. The van der Waals surface area contributed by atoms with Gasteiger partial charge >= 0.3 is 0 Å². The molecule has 0 aliphatic rings. The number of halogens is 2. The third-order valence-electron chi connectivity index (χ3n) is 2.85. The van der Waals surface area contributed by atoms with Crippen LogP contribution in [-0.4, -0.2) is 16.8 Å². The van der Waals surface area contributed by atoms with Gasteiger partial charge in [-0.2, -0.15) is 5.10 Å². The van der Waals surface area contributed by atoms with E-state index < -0.39 is 0 Å². The van der Waals surface area contributed by atoms with E-state index in [2.05, 4.69) is 26.3 Å². The molecule has 0 bridgehead atoms. The first-order valence-corrected chi connectivity index (χ1v) is 6.49. The van der Waals surface area contributed by atoms with Crippen molar-refractivity contribution in [2.24, 2.45) is 0 Å². The molecule has 1 N–H and O–H groups in total. The Balaban J connectivity index is 2.65. The Morgan fingerprint density at radius 1 is 1.39 bits per heavy atom. The molecule has 0 spiro atoms. The monoisotopic (exact) mass is 311 g/mol. The molecule has 0 aliphatic heterocycles. The van der Waals surface area contributed by atoms with Gasteiger partial charge in [-0.3, -0.25) is 0 Å². The summed E-state index contributed by atoms with van der Waals surface area (Å²) in [6, 6.07) is 5.07. The van der Waals surface area contributed by atoms with Crippen molar-refractivity contribution in [3.63, 3.8) is 0 Å². The van der Waals surface area contributed by atoms with Crippen LogP contribution < -0.4 is 5.32 Å². The topological polar surface area (TPSA) is 29.9 Å². The number of benzene rings is 1. The molecule has 1 heterocycles. The maximum atomic E-state index is 14.1. The minimum atomic E-state index is -0.263. The molecule has 0 aliphatic carbocycles. The van der Waals surface area contributed by atoms with Gasteiger partial charge in [-0.15, -0.1) is 0 Å². The predicted octanol–water partition coefficient (Wildman–Crippen LogP) is 3.11. The van der Waals surface area contributed by atoms with Gasteiger partial charge in [0.2, 0.25) is 0 Å². The van der Waals surface area contributed by atoms with Gasteiger partial charge in [-0.05, 0) is 48.5 Å². The Kier molecular flexibility index (Phi) is 3.82. The standard InChI is InChI=1S/C13H15BrFN3/c1-8-12(14)9(2)18(17-8)13-10(7-16-3)5-4-6-11(13)15/h4-6,16H,7H2,1-3H3. The summed E-state index contributed by atoms with van der Waals surface area (Å²) in [6.07, 6.45) is 0. The Morgan fingerprint density at radius 2 is 2.11 bits per heavy atom. The Labute approximate surface area is 114 Å². The largest absolute Gasteiger partial charge is 0.316 e. The number of nitrogens with one attached hydrogen (secondary N) is 1. The van der Waals surface area contributed by atoms with Crippen LogP contribution in [-0.2, 0) is 6.54 Å². The lowest BCUT2D eigenvalue weighted by molar-refractivity contribution is 0.601.